The van der Waals surface area contributed by atoms with Crippen LogP contribution in [0.1, 0.15) is 11.9 Å². The average molecular weight is 394 g/mol. The van der Waals surface area contributed by atoms with Crippen molar-refractivity contribution in [2.75, 3.05) is 0 Å². The van der Waals surface area contributed by atoms with E-state index in [-0.39, 0.29) is 11.5 Å². The second kappa shape index (κ2) is 7.48. The molecule has 0 bridgehead atoms. The molecular formula is C17H15FN2O4S2. The second-order valence-electron chi connectivity index (χ2n) is 5.48. The van der Waals surface area contributed by atoms with E-state index in [4.69, 9.17) is 4.74 Å². The number of halogens is 1. The Bertz CT molecular complexity index is 999. The van der Waals surface area contributed by atoms with Gasteiger partial charge in [0.15, 0.2) is 0 Å². The van der Waals surface area contributed by atoms with Gasteiger partial charge in [-0.2, -0.15) is 4.72 Å². The van der Waals surface area contributed by atoms with Gasteiger partial charge >= 0.3 is 5.97 Å². The van der Waals surface area contributed by atoms with Gasteiger partial charge < -0.3 is 4.74 Å². The quantitative estimate of drug-likeness (QED) is 0.650. The maximum atomic E-state index is 12.9. The molecule has 1 atom stereocenters. The third kappa shape index (κ3) is 4.24. The summed E-state index contributed by atoms with van der Waals surface area (Å²) in [6.07, 6.45) is 0. The van der Waals surface area contributed by atoms with Crippen molar-refractivity contribution in [3.63, 3.8) is 0 Å². The van der Waals surface area contributed by atoms with Crippen LogP contribution < -0.4 is 4.72 Å². The summed E-state index contributed by atoms with van der Waals surface area (Å²) in [5, 5.41) is 0.619. The molecule has 0 aliphatic carbocycles. The number of thiazole rings is 1. The van der Waals surface area contributed by atoms with Crippen LogP contribution in [0.4, 0.5) is 4.39 Å². The average Bonchev–Trinajstić information content (AvgIpc) is 3.02. The van der Waals surface area contributed by atoms with Crippen LogP contribution in [0.2, 0.25) is 0 Å². The second-order valence-corrected chi connectivity index (χ2v) is 8.31. The molecule has 3 aromatic rings. The molecule has 0 saturated heterocycles. The Morgan fingerprint density at radius 2 is 1.92 bits per heavy atom. The number of fused-ring (bicyclic) bond motifs is 1. The van der Waals surface area contributed by atoms with Gasteiger partial charge in [-0.15, -0.1) is 11.3 Å². The van der Waals surface area contributed by atoms with Crippen molar-refractivity contribution in [1.82, 2.24) is 9.71 Å². The number of sulfonamides is 1. The predicted molar refractivity (Wildman–Crippen MR) is 95.6 cm³/mol. The highest BCUT2D eigenvalue weighted by Crippen LogP contribution is 2.22. The van der Waals surface area contributed by atoms with Gasteiger partial charge in [-0.25, -0.2) is 17.8 Å². The van der Waals surface area contributed by atoms with Crippen molar-refractivity contribution in [3.05, 3.63) is 59.4 Å². The Labute approximate surface area is 153 Å². The molecule has 0 aliphatic rings. The fourth-order valence-corrected chi connectivity index (χ4v) is 4.27. The van der Waals surface area contributed by atoms with E-state index in [2.05, 4.69) is 9.71 Å². The van der Waals surface area contributed by atoms with Crippen LogP contribution in [-0.4, -0.2) is 25.4 Å². The zero-order valence-electron chi connectivity index (χ0n) is 13.7. The van der Waals surface area contributed by atoms with Crippen molar-refractivity contribution in [2.24, 2.45) is 0 Å². The number of para-hydroxylation sites is 1. The monoisotopic (exact) mass is 394 g/mol. The number of nitrogens with zero attached hydrogens (tertiary/aromatic N) is 1. The molecule has 2 aromatic carbocycles. The number of hydrogen-bond donors (Lipinski definition) is 1. The Morgan fingerprint density at radius 3 is 2.62 bits per heavy atom. The highest BCUT2D eigenvalue weighted by molar-refractivity contribution is 7.89. The number of aromatic nitrogens is 1. The number of carbonyl (C=O) groups is 1. The summed E-state index contributed by atoms with van der Waals surface area (Å²) < 4.78 is 45.6. The first-order chi connectivity index (χ1) is 12.3. The SMILES string of the molecule is C[C@H](NS(=O)(=O)c1ccc(F)cc1)C(=O)OCc1nc2ccccc2s1. The fourth-order valence-electron chi connectivity index (χ4n) is 2.20. The molecule has 3 rings (SSSR count). The standard InChI is InChI=1S/C17H15FN2O4S2/c1-11(20-26(22,23)13-8-6-12(18)7-9-13)17(21)24-10-16-19-14-4-2-3-5-15(14)25-16/h2-9,11,20H,10H2,1H3/t11-/m0/s1. The first-order valence-corrected chi connectivity index (χ1v) is 9.94. The minimum Gasteiger partial charge on any atom is -0.457 e. The number of hydrogen-bond acceptors (Lipinski definition) is 6. The predicted octanol–water partition coefficient (Wildman–Crippen LogP) is 2.85. The lowest BCUT2D eigenvalue weighted by molar-refractivity contribution is -0.146. The first-order valence-electron chi connectivity index (χ1n) is 7.64. The summed E-state index contributed by atoms with van der Waals surface area (Å²) in [5.74, 6) is -1.28. The molecule has 0 fully saturated rings. The molecule has 136 valence electrons. The lowest BCUT2D eigenvalue weighted by atomic mass is 10.3. The Hall–Kier alpha value is -2.36. The topological polar surface area (TPSA) is 85.4 Å². The molecule has 26 heavy (non-hydrogen) atoms. The number of carbonyl (C=O) groups excluding carboxylic acids is 1. The van der Waals surface area contributed by atoms with Crippen molar-refractivity contribution < 1.29 is 22.3 Å². The molecule has 0 spiro atoms. The maximum Gasteiger partial charge on any atom is 0.324 e. The Kier molecular flexibility index (Phi) is 5.30. The summed E-state index contributed by atoms with van der Waals surface area (Å²) in [4.78, 5) is 16.3. The maximum absolute atomic E-state index is 12.9. The summed E-state index contributed by atoms with van der Waals surface area (Å²) in [6, 6.07) is 10.7. The highest BCUT2D eigenvalue weighted by Gasteiger charge is 2.23. The van der Waals surface area contributed by atoms with Gasteiger partial charge in [-0.05, 0) is 43.3 Å². The lowest BCUT2D eigenvalue weighted by Gasteiger charge is -2.13. The van der Waals surface area contributed by atoms with Crippen molar-refractivity contribution >= 4 is 37.5 Å². The first kappa shape index (κ1) is 18.4. The molecule has 0 amide bonds. The largest absolute Gasteiger partial charge is 0.457 e. The molecule has 0 radical (unpaired) electrons. The molecule has 0 saturated carbocycles. The Balaban J connectivity index is 1.61. The van der Waals surface area contributed by atoms with E-state index < -0.39 is 27.9 Å². The summed E-state index contributed by atoms with van der Waals surface area (Å²) >= 11 is 1.40. The van der Waals surface area contributed by atoms with E-state index in [1.165, 1.54) is 18.3 Å². The molecule has 1 N–H and O–H groups in total. The van der Waals surface area contributed by atoms with Gasteiger partial charge in [0.2, 0.25) is 10.0 Å². The van der Waals surface area contributed by atoms with Crippen molar-refractivity contribution in [2.45, 2.75) is 24.5 Å². The minimum atomic E-state index is -3.96. The number of esters is 1. The zero-order valence-corrected chi connectivity index (χ0v) is 15.3. The van der Waals surface area contributed by atoms with E-state index in [0.717, 1.165) is 34.5 Å². The third-order valence-corrected chi connectivity index (χ3v) is 6.05. The van der Waals surface area contributed by atoms with Gasteiger partial charge in [-0.1, -0.05) is 12.1 Å². The van der Waals surface area contributed by atoms with Crippen LogP contribution >= 0.6 is 11.3 Å². The minimum absolute atomic E-state index is 0.0409. The van der Waals surface area contributed by atoms with Crippen molar-refractivity contribution in [1.29, 1.82) is 0 Å². The zero-order chi connectivity index (χ0) is 18.7. The number of ether oxygens (including phenoxy) is 1. The van der Waals surface area contributed by atoms with E-state index in [9.17, 15) is 17.6 Å². The third-order valence-electron chi connectivity index (χ3n) is 3.49. The van der Waals surface area contributed by atoms with Crippen LogP contribution in [0.5, 0.6) is 0 Å². The van der Waals surface area contributed by atoms with Gasteiger partial charge in [-0.3, -0.25) is 4.79 Å². The highest BCUT2D eigenvalue weighted by atomic mass is 32.2. The van der Waals surface area contributed by atoms with Crippen molar-refractivity contribution in [3.8, 4) is 0 Å². The fraction of sp³-hybridized carbons (Fsp3) is 0.176. The molecule has 1 aromatic heterocycles. The van der Waals surface area contributed by atoms with E-state index in [1.807, 2.05) is 24.3 Å². The molecule has 0 unspecified atom stereocenters. The number of rotatable bonds is 6. The number of nitrogens with one attached hydrogen (secondary N) is 1. The normalized spacial score (nSPS) is 12.8. The summed E-state index contributed by atoms with van der Waals surface area (Å²) in [7, 11) is -3.96. The molecule has 0 aliphatic heterocycles. The van der Waals surface area contributed by atoms with Gasteiger partial charge in [0.1, 0.15) is 23.5 Å². The molecule has 9 heteroatoms. The number of benzene rings is 2. The van der Waals surface area contributed by atoms with Gasteiger partial charge in [0.25, 0.3) is 0 Å². The van der Waals surface area contributed by atoms with Gasteiger partial charge in [0.05, 0.1) is 15.1 Å². The van der Waals surface area contributed by atoms with E-state index in [1.54, 1.807) is 0 Å². The van der Waals surface area contributed by atoms with Crippen LogP contribution in [0, 0.1) is 5.82 Å². The van der Waals surface area contributed by atoms with E-state index >= 15 is 0 Å². The molecule has 6 nitrogen and oxygen atoms in total. The lowest BCUT2D eigenvalue weighted by Crippen LogP contribution is -2.39. The van der Waals surface area contributed by atoms with Crippen LogP contribution in [0.25, 0.3) is 10.2 Å². The molecule has 1 heterocycles. The van der Waals surface area contributed by atoms with Crippen LogP contribution in [0.3, 0.4) is 0 Å². The van der Waals surface area contributed by atoms with Crippen LogP contribution in [0.15, 0.2) is 53.4 Å². The summed E-state index contributed by atoms with van der Waals surface area (Å²) in [6.45, 7) is 1.34. The van der Waals surface area contributed by atoms with Crippen LogP contribution in [-0.2, 0) is 26.2 Å². The van der Waals surface area contributed by atoms with E-state index in [0.29, 0.717) is 5.01 Å². The van der Waals surface area contributed by atoms with Gasteiger partial charge in [0, 0.05) is 0 Å². The Morgan fingerprint density at radius 1 is 1.23 bits per heavy atom. The summed E-state index contributed by atoms with van der Waals surface area (Å²) in [5.41, 5.74) is 0.814. The smallest absolute Gasteiger partial charge is 0.324 e. The molecular weight excluding hydrogens is 379 g/mol.